The summed E-state index contributed by atoms with van der Waals surface area (Å²) in [5, 5.41) is 0. The van der Waals surface area contributed by atoms with Gasteiger partial charge in [-0.3, -0.25) is 4.79 Å². The Morgan fingerprint density at radius 1 is 1.11 bits per heavy atom. The molecule has 2 aromatic rings. The van der Waals surface area contributed by atoms with Crippen LogP contribution in [-0.2, 0) is 6.54 Å². The Hall–Kier alpha value is -0.590. The predicted octanol–water partition coefficient (Wildman–Crippen LogP) is 3.77. The van der Waals surface area contributed by atoms with Gasteiger partial charge in [-0.2, -0.15) is 0 Å². The average Bonchev–Trinajstić information content (AvgIpc) is 2.30. The Labute approximate surface area is 129 Å². The fourth-order valence-corrected chi connectivity index (χ4v) is 3.07. The zero-order chi connectivity index (χ0) is 13.3. The summed E-state index contributed by atoms with van der Waals surface area (Å²) in [7, 11) is 0. The van der Waals surface area contributed by atoms with Gasteiger partial charge in [0.1, 0.15) is 0 Å². The topological polar surface area (TPSA) is 48.0 Å². The van der Waals surface area contributed by atoms with E-state index in [1.54, 1.807) is 16.8 Å². The maximum absolute atomic E-state index is 11.9. The molecule has 2 rings (SSSR count). The normalized spacial score (nSPS) is 10.6. The SMILES string of the molecule is Nc1cc(Cn2cc(Br)cc(Br)c2=O)ccc1Br. The van der Waals surface area contributed by atoms with Crippen molar-refractivity contribution in [3.05, 3.63) is 59.8 Å². The van der Waals surface area contributed by atoms with Gasteiger partial charge < -0.3 is 10.3 Å². The van der Waals surface area contributed by atoms with Gasteiger partial charge in [0.25, 0.3) is 5.56 Å². The van der Waals surface area contributed by atoms with Crippen LogP contribution in [0.25, 0.3) is 0 Å². The highest BCUT2D eigenvalue weighted by Crippen LogP contribution is 2.21. The van der Waals surface area contributed by atoms with Crippen molar-refractivity contribution in [1.29, 1.82) is 0 Å². The zero-order valence-corrected chi connectivity index (χ0v) is 13.9. The first-order valence-corrected chi connectivity index (χ1v) is 7.44. The number of nitrogen functional groups attached to an aromatic ring is 1. The molecule has 2 N–H and O–H groups in total. The lowest BCUT2D eigenvalue weighted by molar-refractivity contribution is 0.752. The lowest BCUT2D eigenvalue weighted by Gasteiger charge is -2.08. The molecule has 0 aliphatic carbocycles. The maximum Gasteiger partial charge on any atom is 0.265 e. The average molecular weight is 437 g/mol. The Morgan fingerprint density at radius 3 is 2.50 bits per heavy atom. The maximum atomic E-state index is 11.9. The van der Waals surface area contributed by atoms with Crippen molar-refractivity contribution in [2.75, 3.05) is 5.73 Å². The molecule has 0 saturated carbocycles. The van der Waals surface area contributed by atoms with E-state index in [9.17, 15) is 4.79 Å². The Morgan fingerprint density at radius 2 is 1.83 bits per heavy atom. The number of hydrogen-bond donors (Lipinski definition) is 1. The highest BCUT2D eigenvalue weighted by Gasteiger charge is 2.05. The largest absolute Gasteiger partial charge is 0.398 e. The van der Waals surface area contributed by atoms with Gasteiger partial charge in [0.05, 0.1) is 11.0 Å². The summed E-state index contributed by atoms with van der Waals surface area (Å²) in [5.74, 6) is 0. The molecule has 0 atom stereocenters. The summed E-state index contributed by atoms with van der Waals surface area (Å²) in [6.45, 7) is 0.481. The molecule has 1 heterocycles. The van der Waals surface area contributed by atoms with Crippen LogP contribution in [0.2, 0.25) is 0 Å². The fraction of sp³-hybridized carbons (Fsp3) is 0.0833. The lowest BCUT2D eigenvalue weighted by atomic mass is 10.2. The van der Waals surface area contributed by atoms with E-state index in [0.29, 0.717) is 16.7 Å². The van der Waals surface area contributed by atoms with Crippen molar-refractivity contribution in [2.45, 2.75) is 6.54 Å². The van der Waals surface area contributed by atoms with Crippen LogP contribution in [0.4, 0.5) is 5.69 Å². The third kappa shape index (κ3) is 3.05. The first-order chi connectivity index (χ1) is 8.47. The number of anilines is 1. The minimum Gasteiger partial charge on any atom is -0.398 e. The smallest absolute Gasteiger partial charge is 0.265 e. The van der Waals surface area contributed by atoms with Crippen molar-refractivity contribution in [2.24, 2.45) is 0 Å². The molecular formula is C12H9Br3N2O. The number of benzene rings is 1. The Balaban J connectivity index is 2.40. The predicted molar refractivity (Wildman–Crippen MR) is 83.8 cm³/mol. The molecule has 18 heavy (non-hydrogen) atoms. The highest BCUT2D eigenvalue weighted by atomic mass is 79.9. The monoisotopic (exact) mass is 434 g/mol. The Bertz CT molecular complexity index is 652. The van der Waals surface area contributed by atoms with Crippen molar-refractivity contribution in [3.63, 3.8) is 0 Å². The van der Waals surface area contributed by atoms with Crippen LogP contribution in [0.3, 0.4) is 0 Å². The van der Waals surface area contributed by atoms with E-state index in [-0.39, 0.29) is 5.56 Å². The van der Waals surface area contributed by atoms with Crippen LogP contribution in [-0.4, -0.2) is 4.57 Å². The molecule has 0 saturated heterocycles. The van der Waals surface area contributed by atoms with Crippen LogP contribution in [0.15, 0.2) is 48.7 Å². The van der Waals surface area contributed by atoms with Gasteiger partial charge in [0.2, 0.25) is 0 Å². The molecule has 0 bridgehead atoms. The first-order valence-electron chi connectivity index (χ1n) is 5.07. The number of nitrogens with two attached hydrogens (primary N) is 1. The number of hydrogen-bond acceptors (Lipinski definition) is 2. The molecule has 0 amide bonds. The molecule has 94 valence electrons. The van der Waals surface area contributed by atoms with Gasteiger partial charge in [-0.1, -0.05) is 6.07 Å². The molecule has 0 aliphatic heterocycles. The van der Waals surface area contributed by atoms with Crippen molar-refractivity contribution >= 4 is 53.5 Å². The van der Waals surface area contributed by atoms with Gasteiger partial charge in [-0.05, 0) is 71.6 Å². The third-order valence-electron chi connectivity index (χ3n) is 2.42. The van der Waals surface area contributed by atoms with Gasteiger partial charge in [-0.25, -0.2) is 0 Å². The molecule has 0 spiro atoms. The fourth-order valence-electron chi connectivity index (χ4n) is 1.57. The minimum atomic E-state index is -0.0697. The number of nitrogens with zero attached hydrogens (tertiary/aromatic N) is 1. The van der Waals surface area contributed by atoms with Gasteiger partial charge >= 0.3 is 0 Å². The quantitative estimate of drug-likeness (QED) is 0.728. The van der Waals surface area contributed by atoms with E-state index in [0.717, 1.165) is 14.5 Å². The van der Waals surface area contributed by atoms with E-state index in [2.05, 4.69) is 47.8 Å². The third-order valence-corrected chi connectivity index (χ3v) is 4.15. The number of halogens is 3. The standard InChI is InChI=1S/C12H9Br3N2O/c13-8-4-10(15)12(18)17(6-8)5-7-1-2-9(14)11(16)3-7/h1-4,6H,5,16H2. The highest BCUT2D eigenvalue weighted by molar-refractivity contribution is 9.11. The molecule has 3 nitrogen and oxygen atoms in total. The summed E-state index contributed by atoms with van der Waals surface area (Å²) >= 11 is 9.95. The molecule has 0 fully saturated rings. The zero-order valence-electron chi connectivity index (χ0n) is 9.16. The summed E-state index contributed by atoms with van der Waals surface area (Å²) < 4.78 is 3.85. The molecular weight excluding hydrogens is 428 g/mol. The summed E-state index contributed by atoms with van der Waals surface area (Å²) in [5.41, 5.74) is 7.39. The van der Waals surface area contributed by atoms with Crippen LogP contribution in [0, 0.1) is 0 Å². The number of pyridine rings is 1. The van der Waals surface area contributed by atoms with Crippen LogP contribution >= 0.6 is 47.8 Å². The van der Waals surface area contributed by atoms with Crippen molar-refractivity contribution in [1.82, 2.24) is 4.57 Å². The van der Waals surface area contributed by atoms with E-state index in [4.69, 9.17) is 5.73 Å². The molecule has 1 aromatic carbocycles. The molecule has 1 aromatic heterocycles. The Kier molecular flexibility index (Phi) is 4.29. The summed E-state index contributed by atoms with van der Waals surface area (Å²) in [6, 6.07) is 7.39. The lowest BCUT2D eigenvalue weighted by Crippen LogP contribution is -2.20. The number of rotatable bonds is 2. The summed E-state index contributed by atoms with van der Waals surface area (Å²) in [6.07, 6.45) is 1.76. The van der Waals surface area contributed by atoms with Gasteiger partial charge in [0, 0.05) is 20.8 Å². The first kappa shape index (κ1) is 13.8. The van der Waals surface area contributed by atoms with Crippen molar-refractivity contribution < 1.29 is 0 Å². The molecule has 0 radical (unpaired) electrons. The van der Waals surface area contributed by atoms with Gasteiger partial charge in [0.15, 0.2) is 0 Å². The van der Waals surface area contributed by atoms with Crippen LogP contribution in [0.5, 0.6) is 0 Å². The van der Waals surface area contributed by atoms with E-state index < -0.39 is 0 Å². The molecule has 0 aliphatic rings. The second kappa shape index (κ2) is 5.59. The molecule has 6 heteroatoms. The van der Waals surface area contributed by atoms with Crippen LogP contribution < -0.4 is 11.3 Å². The molecule has 0 unspecified atom stereocenters. The number of aromatic nitrogens is 1. The van der Waals surface area contributed by atoms with Crippen molar-refractivity contribution in [3.8, 4) is 0 Å². The van der Waals surface area contributed by atoms with E-state index >= 15 is 0 Å². The van der Waals surface area contributed by atoms with Gasteiger partial charge in [-0.15, -0.1) is 0 Å². The minimum absolute atomic E-state index is 0.0697. The van der Waals surface area contributed by atoms with E-state index in [1.165, 1.54) is 0 Å². The van der Waals surface area contributed by atoms with E-state index in [1.807, 2.05) is 18.2 Å². The second-order valence-electron chi connectivity index (χ2n) is 3.80. The second-order valence-corrected chi connectivity index (χ2v) is 6.42. The van der Waals surface area contributed by atoms with Crippen LogP contribution in [0.1, 0.15) is 5.56 Å². The summed E-state index contributed by atoms with van der Waals surface area (Å²) in [4.78, 5) is 11.9.